The van der Waals surface area contributed by atoms with E-state index in [0.717, 1.165) is 26.1 Å². The number of carbonyl (C=O) groups is 2. The van der Waals surface area contributed by atoms with E-state index in [9.17, 15) is 9.59 Å². The van der Waals surface area contributed by atoms with E-state index in [1.165, 1.54) is 23.3 Å². The molecule has 3 amide bonds. The number of nitrogens with one attached hydrogen (secondary N) is 1. The van der Waals surface area contributed by atoms with Gasteiger partial charge in [-0.1, -0.05) is 43.7 Å². The van der Waals surface area contributed by atoms with Gasteiger partial charge in [0.1, 0.15) is 0 Å². The molecule has 2 aliphatic heterocycles. The fourth-order valence-electron chi connectivity index (χ4n) is 4.00. The fourth-order valence-corrected chi connectivity index (χ4v) is 4.00. The van der Waals surface area contributed by atoms with Gasteiger partial charge in [0.05, 0.1) is 6.54 Å². The number of imide groups is 1. The van der Waals surface area contributed by atoms with Crippen molar-refractivity contribution in [1.82, 2.24) is 15.1 Å². The van der Waals surface area contributed by atoms with Crippen LogP contribution in [0.3, 0.4) is 0 Å². The first-order valence-corrected chi connectivity index (χ1v) is 9.04. The lowest BCUT2D eigenvalue weighted by Gasteiger charge is -2.38. The molecule has 0 bridgehead atoms. The third kappa shape index (κ3) is 3.78. The van der Waals surface area contributed by atoms with E-state index in [1.807, 2.05) is 0 Å². The van der Waals surface area contributed by atoms with Gasteiger partial charge in [-0.05, 0) is 43.3 Å². The standard InChI is InChI=1S/C19H27N3O2/c1-2-15-14-21(10-6-11-22-18(23)13-20-19(22)24)12-9-17(15)16-7-4-3-5-8-16/h3-5,7-8,15,17H,2,6,9-14H2,1H3,(H,20,24)/t15-,17+/m1/s1. The van der Waals surface area contributed by atoms with Crippen LogP contribution in [0.4, 0.5) is 4.79 Å². The molecule has 2 aliphatic rings. The Balaban J connectivity index is 1.49. The number of amides is 3. The molecule has 2 atom stereocenters. The second-order valence-corrected chi connectivity index (χ2v) is 6.83. The van der Waals surface area contributed by atoms with Crippen molar-refractivity contribution in [2.75, 3.05) is 32.7 Å². The lowest BCUT2D eigenvalue weighted by Crippen LogP contribution is -2.41. The van der Waals surface area contributed by atoms with Crippen molar-refractivity contribution in [3.05, 3.63) is 35.9 Å². The van der Waals surface area contributed by atoms with Crippen molar-refractivity contribution in [3.8, 4) is 0 Å². The van der Waals surface area contributed by atoms with Crippen molar-refractivity contribution >= 4 is 11.9 Å². The Kier molecular flexibility index (Phi) is 5.51. The number of piperidine rings is 1. The van der Waals surface area contributed by atoms with Gasteiger partial charge in [0.2, 0.25) is 5.91 Å². The Morgan fingerprint density at radius 2 is 1.96 bits per heavy atom. The first-order valence-electron chi connectivity index (χ1n) is 9.04. The van der Waals surface area contributed by atoms with Crippen molar-refractivity contribution < 1.29 is 9.59 Å². The molecule has 0 radical (unpaired) electrons. The molecule has 0 unspecified atom stereocenters. The highest BCUT2D eigenvalue weighted by Gasteiger charge is 2.30. The van der Waals surface area contributed by atoms with E-state index in [1.54, 1.807) is 0 Å². The molecular weight excluding hydrogens is 302 g/mol. The Labute approximate surface area is 144 Å². The summed E-state index contributed by atoms with van der Waals surface area (Å²) in [5.74, 6) is 1.23. The fraction of sp³-hybridized carbons (Fsp3) is 0.579. The monoisotopic (exact) mass is 329 g/mol. The second-order valence-electron chi connectivity index (χ2n) is 6.83. The van der Waals surface area contributed by atoms with Crippen LogP contribution in [-0.2, 0) is 4.79 Å². The molecule has 2 saturated heterocycles. The van der Waals surface area contributed by atoms with Crippen molar-refractivity contribution in [1.29, 1.82) is 0 Å². The van der Waals surface area contributed by atoms with Gasteiger partial charge in [-0.2, -0.15) is 0 Å². The number of urea groups is 1. The summed E-state index contributed by atoms with van der Waals surface area (Å²) in [6.07, 6.45) is 3.22. The molecule has 24 heavy (non-hydrogen) atoms. The average Bonchev–Trinajstić information content (AvgIpc) is 2.94. The third-order valence-corrected chi connectivity index (χ3v) is 5.36. The maximum Gasteiger partial charge on any atom is 0.324 e. The second kappa shape index (κ2) is 7.79. The minimum absolute atomic E-state index is 0.103. The molecule has 1 aromatic rings. The first-order chi connectivity index (χ1) is 11.7. The Morgan fingerprint density at radius 1 is 1.17 bits per heavy atom. The molecule has 2 fully saturated rings. The van der Waals surface area contributed by atoms with E-state index < -0.39 is 0 Å². The van der Waals surface area contributed by atoms with Crippen LogP contribution < -0.4 is 5.32 Å². The molecule has 1 N–H and O–H groups in total. The quantitative estimate of drug-likeness (QED) is 0.816. The predicted molar refractivity (Wildman–Crippen MR) is 93.7 cm³/mol. The SMILES string of the molecule is CC[C@@H]1CN(CCCN2C(=O)CNC2=O)CC[C@@H]1c1ccccc1. The highest BCUT2D eigenvalue weighted by molar-refractivity contribution is 6.01. The van der Waals surface area contributed by atoms with Gasteiger partial charge in [-0.15, -0.1) is 0 Å². The van der Waals surface area contributed by atoms with Crippen LogP contribution in [0.15, 0.2) is 30.3 Å². The van der Waals surface area contributed by atoms with Gasteiger partial charge in [-0.25, -0.2) is 4.79 Å². The summed E-state index contributed by atoms with van der Waals surface area (Å²) in [6, 6.07) is 10.6. The summed E-state index contributed by atoms with van der Waals surface area (Å²) in [6.45, 7) is 6.11. The summed E-state index contributed by atoms with van der Waals surface area (Å²) >= 11 is 0. The molecule has 2 heterocycles. The summed E-state index contributed by atoms with van der Waals surface area (Å²) in [4.78, 5) is 27.0. The van der Waals surface area contributed by atoms with Crippen molar-refractivity contribution in [2.24, 2.45) is 5.92 Å². The number of carbonyl (C=O) groups excluding carboxylic acids is 2. The van der Waals surface area contributed by atoms with Crippen LogP contribution in [0.25, 0.3) is 0 Å². The number of benzene rings is 1. The maximum atomic E-state index is 11.6. The molecule has 0 spiro atoms. The minimum atomic E-state index is -0.241. The van der Waals surface area contributed by atoms with E-state index in [-0.39, 0.29) is 18.5 Å². The smallest absolute Gasteiger partial charge is 0.324 e. The molecule has 0 aliphatic carbocycles. The molecule has 0 aromatic heterocycles. The van der Waals surface area contributed by atoms with Gasteiger partial charge in [0, 0.05) is 13.1 Å². The van der Waals surface area contributed by atoms with Crippen LogP contribution in [0, 0.1) is 5.92 Å². The Morgan fingerprint density at radius 3 is 2.62 bits per heavy atom. The lowest BCUT2D eigenvalue weighted by molar-refractivity contribution is -0.125. The maximum absolute atomic E-state index is 11.6. The number of rotatable bonds is 6. The number of likely N-dealkylation sites (tertiary alicyclic amines) is 1. The number of hydrogen-bond donors (Lipinski definition) is 1. The first kappa shape index (κ1) is 17.0. The molecular formula is C19H27N3O2. The van der Waals surface area contributed by atoms with E-state index >= 15 is 0 Å². The molecule has 1 aromatic carbocycles. The molecule has 3 rings (SSSR count). The Hall–Kier alpha value is -1.88. The number of nitrogens with zero attached hydrogens (tertiary/aromatic N) is 2. The van der Waals surface area contributed by atoms with Crippen LogP contribution in [0.2, 0.25) is 0 Å². The van der Waals surface area contributed by atoms with Crippen molar-refractivity contribution in [3.63, 3.8) is 0 Å². The zero-order chi connectivity index (χ0) is 16.9. The van der Waals surface area contributed by atoms with Gasteiger partial charge < -0.3 is 10.2 Å². The number of hydrogen-bond acceptors (Lipinski definition) is 3. The highest BCUT2D eigenvalue weighted by Crippen LogP contribution is 2.34. The largest absolute Gasteiger partial charge is 0.329 e. The van der Waals surface area contributed by atoms with Crippen molar-refractivity contribution in [2.45, 2.75) is 32.1 Å². The van der Waals surface area contributed by atoms with Crippen LogP contribution in [0.5, 0.6) is 0 Å². The third-order valence-electron chi connectivity index (χ3n) is 5.36. The summed E-state index contributed by atoms with van der Waals surface area (Å²) in [5.41, 5.74) is 1.46. The minimum Gasteiger partial charge on any atom is -0.329 e. The normalized spacial score (nSPS) is 25.1. The van der Waals surface area contributed by atoms with E-state index in [4.69, 9.17) is 0 Å². The molecule has 0 saturated carbocycles. The zero-order valence-electron chi connectivity index (χ0n) is 14.4. The van der Waals surface area contributed by atoms with Crippen LogP contribution in [0.1, 0.15) is 37.7 Å². The van der Waals surface area contributed by atoms with E-state index in [0.29, 0.717) is 18.4 Å². The highest BCUT2D eigenvalue weighted by atomic mass is 16.2. The van der Waals surface area contributed by atoms with Gasteiger partial charge in [-0.3, -0.25) is 9.69 Å². The molecule has 5 heteroatoms. The van der Waals surface area contributed by atoms with E-state index in [2.05, 4.69) is 47.5 Å². The Bertz CT molecular complexity index is 559. The molecule has 130 valence electrons. The average molecular weight is 329 g/mol. The predicted octanol–water partition coefficient (Wildman–Crippen LogP) is 2.44. The summed E-state index contributed by atoms with van der Waals surface area (Å²) in [5, 5.41) is 2.57. The summed E-state index contributed by atoms with van der Waals surface area (Å²) < 4.78 is 0. The van der Waals surface area contributed by atoms with Crippen LogP contribution in [-0.4, -0.2) is 54.5 Å². The zero-order valence-corrected chi connectivity index (χ0v) is 14.4. The van der Waals surface area contributed by atoms with Gasteiger partial charge in [0.25, 0.3) is 0 Å². The van der Waals surface area contributed by atoms with Gasteiger partial charge in [0.15, 0.2) is 0 Å². The lowest BCUT2D eigenvalue weighted by atomic mass is 9.79. The van der Waals surface area contributed by atoms with Crippen LogP contribution >= 0.6 is 0 Å². The molecule has 5 nitrogen and oxygen atoms in total. The topological polar surface area (TPSA) is 52.6 Å². The summed E-state index contributed by atoms with van der Waals surface area (Å²) in [7, 11) is 0. The van der Waals surface area contributed by atoms with Gasteiger partial charge >= 0.3 is 6.03 Å².